The monoisotopic (exact) mass is 441 g/mol. The van der Waals surface area contributed by atoms with Crippen molar-refractivity contribution in [3.63, 3.8) is 0 Å². The molecule has 1 amide bonds. The summed E-state index contributed by atoms with van der Waals surface area (Å²) in [4.78, 5) is 15.5. The maximum Gasteiger partial charge on any atom is 0.250 e. The number of H-pyrrole nitrogens is 1. The standard InChI is InChI=1S/C24H31N3O3S/c1-5-30-19-9-7-8-17(12-19)18-13-20-22(15-26-23(20)21(14-18)24(25)28)16(3)10-11-27(4)31(29)6-2/h7-9,12-16,26H,5-6,10-11H2,1-4H3,(H2,25,28). The Morgan fingerprint density at radius 1 is 1.23 bits per heavy atom. The van der Waals surface area contributed by atoms with Crippen LogP contribution in [-0.4, -0.2) is 45.4 Å². The van der Waals surface area contributed by atoms with Crippen molar-refractivity contribution in [2.45, 2.75) is 33.1 Å². The summed E-state index contributed by atoms with van der Waals surface area (Å²) in [5, 5.41) is 0.986. The molecule has 7 heteroatoms. The fourth-order valence-electron chi connectivity index (χ4n) is 3.81. The van der Waals surface area contributed by atoms with E-state index in [0.717, 1.165) is 46.3 Å². The third-order valence-corrected chi connectivity index (χ3v) is 6.94. The predicted molar refractivity (Wildman–Crippen MR) is 128 cm³/mol. The average molecular weight is 442 g/mol. The van der Waals surface area contributed by atoms with E-state index in [1.807, 2.05) is 61.7 Å². The van der Waals surface area contributed by atoms with Crippen LogP contribution in [0.1, 0.15) is 49.0 Å². The van der Waals surface area contributed by atoms with Gasteiger partial charge in [-0.3, -0.25) is 4.79 Å². The van der Waals surface area contributed by atoms with Crippen molar-refractivity contribution >= 4 is 27.8 Å². The molecule has 31 heavy (non-hydrogen) atoms. The zero-order valence-electron chi connectivity index (χ0n) is 18.6. The van der Waals surface area contributed by atoms with Crippen LogP contribution in [0.3, 0.4) is 0 Å². The third kappa shape index (κ3) is 5.17. The second-order valence-corrected chi connectivity index (χ2v) is 9.51. The molecule has 0 spiro atoms. The Hall–Kier alpha value is -2.64. The van der Waals surface area contributed by atoms with Gasteiger partial charge < -0.3 is 15.5 Å². The number of amides is 1. The minimum Gasteiger partial charge on any atom is -0.494 e. The Balaban J connectivity index is 2.00. The van der Waals surface area contributed by atoms with Crippen LogP contribution in [0.25, 0.3) is 22.0 Å². The van der Waals surface area contributed by atoms with Crippen molar-refractivity contribution in [1.82, 2.24) is 9.29 Å². The van der Waals surface area contributed by atoms with Gasteiger partial charge in [-0.15, -0.1) is 0 Å². The molecule has 0 aliphatic heterocycles. The van der Waals surface area contributed by atoms with Gasteiger partial charge in [0.25, 0.3) is 5.91 Å². The van der Waals surface area contributed by atoms with E-state index in [1.54, 1.807) is 0 Å². The number of carbonyl (C=O) groups is 1. The van der Waals surface area contributed by atoms with E-state index < -0.39 is 16.9 Å². The van der Waals surface area contributed by atoms with Gasteiger partial charge in [-0.25, -0.2) is 8.51 Å². The maximum absolute atomic E-state index is 12.2. The molecule has 6 nitrogen and oxygen atoms in total. The minimum absolute atomic E-state index is 0.218. The fourth-order valence-corrected chi connectivity index (χ4v) is 4.56. The van der Waals surface area contributed by atoms with Crippen molar-refractivity contribution in [3.8, 4) is 16.9 Å². The van der Waals surface area contributed by atoms with E-state index in [4.69, 9.17) is 10.5 Å². The Bertz CT molecular complexity index is 1090. The van der Waals surface area contributed by atoms with Crippen molar-refractivity contribution in [1.29, 1.82) is 0 Å². The van der Waals surface area contributed by atoms with Gasteiger partial charge in [0.1, 0.15) is 5.75 Å². The van der Waals surface area contributed by atoms with Gasteiger partial charge in [-0.1, -0.05) is 26.0 Å². The lowest BCUT2D eigenvalue weighted by atomic mass is 9.93. The van der Waals surface area contributed by atoms with E-state index in [2.05, 4.69) is 18.0 Å². The fraction of sp³-hybridized carbons (Fsp3) is 0.375. The SMILES string of the molecule is CCOc1cccc(-c2cc(C(N)=O)c3[nH]cc(C(C)CCN(C)S(=O)CC)c3c2)c1. The topological polar surface area (TPSA) is 88.4 Å². The number of nitrogens with two attached hydrogens (primary N) is 1. The number of primary amides is 1. The first-order valence-electron chi connectivity index (χ1n) is 10.6. The highest BCUT2D eigenvalue weighted by atomic mass is 32.2. The molecule has 0 saturated carbocycles. The molecular formula is C24H31N3O3S. The Morgan fingerprint density at radius 3 is 2.68 bits per heavy atom. The molecule has 1 heterocycles. The number of rotatable bonds is 10. The lowest BCUT2D eigenvalue weighted by Gasteiger charge is -2.18. The zero-order valence-corrected chi connectivity index (χ0v) is 19.4. The largest absolute Gasteiger partial charge is 0.494 e. The van der Waals surface area contributed by atoms with Gasteiger partial charge in [0.05, 0.1) is 28.7 Å². The summed E-state index contributed by atoms with van der Waals surface area (Å²) >= 11 is 0. The maximum atomic E-state index is 12.2. The summed E-state index contributed by atoms with van der Waals surface area (Å²) in [5.74, 6) is 1.16. The second-order valence-electron chi connectivity index (χ2n) is 7.67. The van der Waals surface area contributed by atoms with Crippen LogP contribution in [-0.2, 0) is 11.0 Å². The quantitative estimate of drug-likeness (QED) is 0.487. The van der Waals surface area contributed by atoms with Gasteiger partial charge in [-0.05, 0) is 67.3 Å². The first-order valence-corrected chi connectivity index (χ1v) is 11.9. The first kappa shape index (κ1) is 23.0. The molecule has 0 bridgehead atoms. The van der Waals surface area contributed by atoms with Crippen molar-refractivity contribution in [2.24, 2.45) is 5.73 Å². The molecule has 0 aliphatic carbocycles. The van der Waals surface area contributed by atoms with E-state index in [9.17, 15) is 9.00 Å². The molecule has 0 aliphatic rings. The molecule has 3 N–H and O–H groups in total. The molecule has 0 saturated heterocycles. The molecule has 3 aromatic rings. The van der Waals surface area contributed by atoms with Crippen LogP contribution >= 0.6 is 0 Å². The van der Waals surface area contributed by atoms with Crippen LogP contribution in [0.15, 0.2) is 42.6 Å². The van der Waals surface area contributed by atoms with Gasteiger partial charge in [-0.2, -0.15) is 0 Å². The third-order valence-electron chi connectivity index (χ3n) is 5.57. The number of nitrogens with one attached hydrogen (secondary N) is 1. The summed E-state index contributed by atoms with van der Waals surface area (Å²) in [6.07, 6.45) is 2.81. The molecule has 2 aromatic carbocycles. The summed E-state index contributed by atoms with van der Waals surface area (Å²) in [5.41, 5.74) is 9.94. The lowest BCUT2D eigenvalue weighted by molar-refractivity contribution is 0.100. The highest BCUT2D eigenvalue weighted by Crippen LogP contribution is 2.34. The number of fused-ring (bicyclic) bond motifs is 1. The van der Waals surface area contributed by atoms with Crippen molar-refractivity contribution < 1.29 is 13.7 Å². The highest BCUT2D eigenvalue weighted by molar-refractivity contribution is 7.82. The average Bonchev–Trinajstić information content (AvgIpc) is 3.20. The molecule has 2 atom stereocenters. The van der Waals surface area contributed by atoms with Gasteiger partial charge in [0.2, 0.25) is 0 Å². The summed E-state index contributed by atoms with van der Waals surface area (Å²) in [7, 11) is 0.933. The molecule has 0 fully saturated rings. The van der Waals surface area contributed by atoms with Crippen LogP contribution in [0.2, 0.25) is 0 Å². The summed E-state index contributed by atoms with van der Waals surface area (Å²) in [6.45, 7) is 7.34. The number of benzene rings is 2. The number of hydrogen-bond donors (Lipinski definition) is 2. The predicted octanol–water partition coefficient (Wildman–Crippen LogP) is 4.44. The Labute approximate surface area is 186 Å². The van der Waals surface area contributed by atoms with E-state index in [0.29, 0.717) is 17.9 Å². The van der Waals surface area contributed by atoms with Gasteiger partial charge in [0, 0.05) is 23.9 Å². The van der Waals surface area contributed by atoms with E-state index >= 15 is 0 Å². The number of nitrogens with zero attached hydrogens (tertiary/aromatic N) is 1. The summed E-state index contributed by atoms with van der Waals surface area (Å²) < 4.78 is 19.5. The Kier molecular flexibility index (Phi) is 7.51. The van der Waals surface area contributed by atoms with E-state index in [-0.39, 0.29) is 5.92 Å². The minimum atomic E-state index is -0.952. The molecule has 2 unspecified atom stereocenters. The molecule has 0 radical (unpaired) electrons. The lowest BCUT2D eigenvalue weighted by Crippen LogP contribution is -2.24. The molecule has 3 rings (SSSR count). The Morgan fingerprint density at radius 2 is 2.00 bits per heavy atom. The second kappa shape index (κ2) is 10.1. The first-order chi connectivity index (χ1) is 14.8. The normalized spacial score (nSPS) is 13.5. The zero-order chi connectivity index (χ0) is 22.5. The number of ether oxygens (including phenoxy) is 1. The van der Waals surface area contributed by atoms with Gasteiger partial charge in [0.15, 0.2) is 0 Å². The van der Waals surface area contributed by atoms with Crippen LogP contribution in [0.5, 0.6) is 5.75 Å². The smallest absolute Gasteiger partial charge is 0.250 e. The van der Waals surface area contributed by atoms with Crippen LogP contribution in [0.4, 0.5) is 0 Å². The van der Waals surface area contributed by atoms with E-state index in [1.165, 1.54) is 0 Å². The van der Waals surface area contributed by atoms with Crippen LogP contribution in [0, 0.1) is 0 Å². The molecule has 1 aromatic heterocycles. The molecule has 166 valence electrons. The van der Waals surface area contributed by atoms with Crippen molar-refractivity contribution in [2.75, 3.05) is 26.0 Å². The number of aromatic nitrogens is 1. The van der Waals surface area contributed by atoms with Crippen LogP contribution < -0.4 is 10.5 Å². The van der Waals surface area contributed by atoms with Crippen molar-refractivity contribution in [3.05, 3.63) is 53.7 Å². The summed E-state index contributed by atoms with van der Waals surface area (Å²) in [6, 6.07) is 11.8. The molecular weight excluding hydrogens is 410 g/mol. The number of carbonyl (C=O) groups excluding carboxylic acids is 1. The highest BCUT2D eigenvalue weighted by Gasteiger charge is 2.18. The number of aromatic amines is 1. The van der Waals surface area contributed by atoms with Gasteiger partial charge >= 0.3 is 0 Å². The number of hydrogen-bond acceptors (Lipinski definition) is 3.